The second-order valence-corrected chi connectivity index (χ2v) is 7.56. The van der Waals surface area contributed by atoms with Crippen molar-refractivity contribution in [2.24, 2.45) is 0 Å². The first-order valence-electron chi connectivity index (χ1n) is 8.81. The van der Waals surface area contributed by atoms with Gasteiger partial charge in [0.05, 0.1) is 0 Å². The Morgan fingerprint density at radius 1 is 0.962 bits per heavy atom. The first-order chi connectivity index (χ1) is 12.3. The Balaban J connectivity index is 1.82. The molecule has 1 atom stereocenters. The predicted octanol–water partition coefficient (Wildman–Crippen LogP) is 5.21. The Morgan fingerprint density at radius 3 is 2.27 bits per heavy atom. The number of benzene rings is 3. The second kappa shape index (κ2) is 7.20. The fourth-order valence-electron chi connectivity index (χ4n) is 3.05. The zero-order valence-corrected chi connectivity index (χ0v) is 15.4. The first kappa shape index (κ1) is 18.0. The van der Waals surface area contributed by atoms with Crippen molar-refractivity contribution in [1.82, 2.24) is 0 Å². The van der Waals surface area contributed by atoms with Crippen molar-refractivity contribution in [2.45, 2.75) is 38.7 Å². The van der Waals surface area contributed by atoms with Gasteiger partial charge in [0.1, 0.15) is 5.75 Å². The molecule has 0 aromatic heterocycles. The minimum Gasteiger partial charge on any atom is -0.478 e. The van der Waals surface area contributed by atoms with Crippen LogP contribution < -0.4 is 4.74 Å². The highest BCUT2D eigenvalue weighted by Crippen LogP contribution is 2.26. The van der Waals surface area contributed by atoms with Crippen molar-refractivity contribution in [1.29, 1.82) is 0 Å². The predicted molar refractivity (Wildman–Crippen MR) is 105 cm³/mol. The third-order valence-corrected chi connectivity index (χ3v) is 4.56. The van der Waals surface area contributed by atoms with Crippen molar-refractivity contribution in [2.75, 3.05) is 0 Å². The molecule has 0 fully saturated rings. The summed E-state index contributed by atoms with van der Waals surface area (Å²) < 4.78 is 5.80. The molecule has 0 saturated heterocycles. The molecule has 3 rings (SSSR count). The van der Waals surface area contributed by atoms with Crippen molar-refractivity contribution >= 4 is 16.7 Å². The molecule has 3 heteroatoms. The molecule has 1 N–H and O–H groups in total. The van der Waals surface area contributed by atoms with E-state index in [0.717, 1.165) is 16.3 Å². The fourth-order valence-corrected chi connectivity index (χ4v) is 3.05. The van der Waals surface area contributed by atoms with Gasteiger partial charge >= 0.3 is 5.97 Å². The molecular weight excluding hydrogens is 324 g/mol. The van der Waals surface area contributed by atoms with E-state index in [1.165, 1.54) is 5.56 Å². The van der Waals surface area contributed by atoms with Gasteiger partial charge in [-0.1, -0.05) is 75.4 Å². The van der Waals surface area contributed by atoms with Gasteiger partial charge in [-0.25, -0.2) is 4.79 Å². The Hall–Kier alpha value is -2.81. The second-order valence-electron chi connectivity index (χ2n) is 7.56. The van der Waals surface area contributed by atoms with E-state index in [4.69, 9.17) is 4.74 Å². The van der Waals surface area contributed by atoms with Crippen molar-refractivity contribution < 1.29 is 14.6 Å². The number of ether oxygens (including phenoxy) is 1. The van der Waals surface area contributed by atoms with Crippen LogP contribution in [0.3, 0.4) is 0 Å². The van der Waals surface area contributed by atoms with Crippen LogP contribution in [-0.4, -0.2) is 17.2 Å². The van der Waals surface area contributed by atoms with Crippen LogP contribution in [-0.2, 0) is 16.6 Å². The molecule has 26 heavy (non-hydrogen) atoms. The summed E-state index contributed by atoms with van der Waals surface area (Å²) >= 11 is 0. The lowest BCUT2D eigenvalue weighted by molar-refractivity contribution is -0.145. The molecule has 0 aliphatic heterocycles. The summed E-state index contributed by atoms with van der Waals surface area (Å²) in [6, 6.07) is 21.6. The summed E-state index contributed by atoms with van der Waals surface area (Å²) in [5.74, 6) is -0.386. The van der Waals surface area contributed by atoms with E-state index in [9.17, 15) is 9.90 Å². The summed E-state index contributed by atoms with van der Waals surface area (Å²) in [7, 11) is 0. The topological polar surface area (TPSA) is 46.5 Å². The van der Waals surface area contributed by atoms with E-state index >= 15 is 0 Å². The van der Waals surface area contributed by atoms with Gasteiger partial charge in [-0.05, 0) is 39.4 Å². The molecular formula is C23H24O3. The van der Waals surface area contributed by atoms with E-state index in [-0.39, 0.29) is 5.41 Å². The molecule has 0 spiro atoms. The number of hydrogen-bond acceptors (Lipinski definition) is 2. The van der Waals surface area contributed by atoms with Gasteiger partial charge in [0.25, 0.3) is 0 Å². The maximum atomic E-state index is 11.7. The molecule has 0 saturated carbocycles. The maximum absolute atomic E-state index is 11.7. The summed E-state index contributed by atoms with van der Waals surface area (Å²) in [4.78, 5) is 11.7. The summed E-state index contributed by atoms with van der Waals surface area (Å²) in [5, 5.41) is 11.8. The lowest BCUT2D eigenvalue weighted by atomic mass is 9.87. The molecule has 1 unspecified atom stereocenters. The lowest BCUT2D eigenvalue weighted by Gasteiger charge is -2.20. The highest BCUT2D eigenvalue weighted by atomic mass is 16.5. The van der Waals surface area contributed by atoms with Gasteiger partial charge in [-0.15, -0.1) is 0 Å². The van der Waals surface area contributed by atoms with E-state index < -0.39 is 12.1 Å². The van der Waals surface area contributed by atoms with Crippen LogP contribution in [0.2, 0.25) is 0 Å². The number of rotatable bonds is 5. The normalized spacial score (nSPS) is 12.7. The van der Waals surface area contributed by atoms with Crippen LogP contribution in [0.15, 0.2) is 66.7 Å². The smallest absolute Gasteiger partial charge is 0.345 e. The zero-order valence-electron chi connectivity index (χ0n) is 15.4. The SMILES string of the molecule is CC(C)(C)c1ccc(OC(Cc2cccc3ccccc23)C(=O)O)cc1. The fraction of sp³-hybridized carbons (Fsp3) is 0.261. The van der Waals surface area contributed by atoms with Gasteiger partial charge in [-0.2, -0.15) is 0 Å². The Labute approximate surface area is 154 Å². The molecule has 0 radical (unpaired) electrons. The Morgan fingerprint density at radius 2 is 1.62 bits per heavy atom. The van der Waals surface area contributed by atoms with E-state index in [1.54, 1.807) is 0 Å². The van der Waals surface area contributed by atoms with Crippen LogP contribution in [0, 0.1) is 0 Å². The number of aliphatic carboxylic acids is 1. The van der Waals surface area contributed by atoms with Crippen molar-refractivity contribution in [3.05, 3.63) is 77.9 Å². The quantitative estimate of drug-likeness (QED) is 0.688. The van der Waals surface area contributed by atoms with Crippen LogP contribution in [0.4, 0.5) is 0 Å². The molecule has 134 valence electrons. The Bertz CT molecular complexity index is 899. The number of carboxylic acid groups (broad SMARTS) is 1. The van der Waals surface area contributed by atoms with E-state index in [1.807, 2.05) is 66.7 Å². The summed E-state index contributed by atoms with van der Waals surface area (Å²) in [6.45, 7) is 6.43. The number of carboxylic acids is 1. The minimum absolute atomic E-state index is 0.0493. The number of hydrogen-bond donors (Lipinski definition) is 1. The minimum atomic E-state index is -0.960. The zero-order chi connectivity index (χ0) is 18.7. The number of carbonyl (C=O) groups is 1. The molecule has 3 nitrogen and oxygen atoms in total. The molecule has 0 aliphatic rings. The van der Waals surface area contributed by atoms with Gasteiger partial charge in [0.15, 0.2) is 6.10 Å². The Kier molecular flexibility index (Phi) is 4.99. The maximum Gasteiger partial charge on any atom is 0.345 e. The highest BCUT2D eigenvalue weighted by molar-refractivity contribution is 5.86. The summed E-state index contributed by atoms with van der Waals surface area (Å²) in [6.07, 6.45) is -0.612. The largest absolute Gasteiger partial charge is 0.478 e. The van der Waals surface area contributed by atoms with Crippen molar-refractivity contribution in [3.63, 3.8) is 0 Å². The standard InChI is InChI=1S/C23H24O3/c1-23(2,3)18-11-13-19(14-12-18)26-21(22(24)25)15-17-9-6-8-16-7-4-5-10-20(16)17/h4-14,21H,15H2,1-3H3,(H,24,25). The average molecular weight is 348 g/mol. The molecule has 3 aromatic carbocycles. The van der Waals surface area contributed by atoms with E-state index in [2.05, 4.69) is 20.8 Å². The molecule has 0 amide bonds. The third kappa shape index (κ3) is 4.05. The first-order valence-corrected chi connectivity index (χ1v) is 8.81. The van der Waals surface area contributed by atoms with Gasteiger partial charge in [0, 0.05) is 6.42 Å². The van der Waals surface area contributed by atoms with E-state index in [0.29, 0.717) is 12.2 Å². The molecule has 0 heterocycles. The lowest BCUT2D eigenvalue weighted by Crippen LogP contribution is -2.29. The molecule has 3 aromatic rings. The molecule has 0 aliphatic carbocycles. The van der Waals surface area contributed by atoms with Crippen LogP contribution >= 0.6 is 0 Å². The molecule has 0 bridgehead atoms. The van der Waals surface area contributed by atoms with Gasteiger partial charge in [0.2, 0.25) is 0 Å². The highest BCUT2D eigenvalue weighted by Gasteiger charge is 2.21. The van der Waals surface area contributed by atoms with Gasteiger partial charge < -0.3 is 9.84 Å². The average Bonchev–Trinajstić information content (AvgIpc) is 2.61. The number of fused-ring (bicyclic) bond motifs is 1. The van der Waals surface area contributed by atoms with Crippen LogP contribution in [0.5, 0.6) is 5.75 Å². The van der Waals surface area contributed by atoms with Crippen molar-refractivity contribution in [3.8, 4) is 5.75 Å². The van der Waals surface area contributed by atoms with Crippen LogP contribution in [0.1, 0.15) is 31.9 Å². The monoisotopic (exact) mass is 348 g/mol. The van der Waals surface area contributed by atoms with Gasteiger partial charge in [-0.3, -0.25) is 0 Å². The third-order valence-electron chi connectivity index (χ3n) is 4.56. The van der Waals surface area contributed by atoms with Crippen LogP contribution in [0.25, 0.3) is 10.8 Å². The summed E-state index contributed by atoms with van der Waals surface area (Å²) in [5.41, 5.74) is 2.21.